The van der Waals surface area contributed by atoms with Gasteiger partial charge in [-0.25, -0.2) is 0 Å². The summed E-state index contributed by atoms with van der Waals surface area (Å²) in [7, 11) is 1.95. The van der Waals surface area contributed by atoms with E-state index in [2.05, 4.69) is 17.0 Å². The zero-order chi connectivity index (χ0) is 20.1. The highest BCUT2D eigenvalue weighted by atomic mass is 16.5. The maximum Gasteiger partial charge on any atom is 0.313 e. The molecule has 0 unspecified atom stereocenters. The molecule has 1 aromatic carbocycles. The van der Waals surface area contributed by atoms with Crippen molar-refractivity contribution in [3.8, 4) is 5.75 Å². The lowest BCUT2D eigenvalue weighted by molar-refractivity contribution is -0.154. The topological polar surface area (TPSA) is 70.1 Å². The third-order valence-corrected chi connectivity index (χ3v) is 6.78. The number of benzene rings is 1. The predicted molar refractivity (Wildman–Crippen MR) is 105 cm³/mol. The van der Waals surface area contributed by atoms with Gasteiger partial charge in [-0.05, 0) is 82.3 Å². The minimum Gasteiger partial charge on any atom is -0.481 e. The summed E-state index contributed by atoms with van der Waals surface area (Å²) in [5.74, 6) is -0.216. The Labute approximate surface area is 166 Å². The van der Waals surface area contributed by atoms with Crippen molar-refractivity contribution in [1.29, 1.82) is 0 Å². The van der Waals surface area contributed by atoms with Crippen molar-refractivity contribution >= 4 is 11.9 Å². The molecule has 0 saturated carbocycles. The van der Waals surface area contributed by atoms with E-state index in [-0.39, 0.29) is 18.4 Å². The summed E-state index contributed by atoms with van der Waals surface area (Å²) < 4.78 is 6.12. The molecule has 0 aromatic heterocycles. The number of amides is 1. The fraction of sp³-hybridized carbons (Fsp3) is 0.636. The zero-order valence-corrected chi connectivity index (χ0v) is 17.0. The molecule has 1 aromatic rings. The second kappa shape index (κ2) is 6.76. The summed E-state index contributed by atoms with van der Waals surface area (Å²) in [5.41, 5.74) is 0.770. The first-order valence-corrected chi connectivity index (χ1v) is 10.2. The molecule has 3 aliphatic rings. The molecule has 0 bridgehead atoms. The predicted octanol–water partition coefficient (Wildman–Crippen LogP) is 2.20. The second-order valence-electron chi connectivity index (χ2n) is 9.27. The highest BCUT2D eigenvalue weighted by molar-refractivity contribution is 5.87. The Morgan fingerprint density at radius 1 is 1.21 bits per heavy atom. The van der Waals surface area contributed by atoms with Gasteiger partial charge in [0, 0.05) is 19.6 Å². The van der Waals surface area contributed by atoms with Crippen molar-refractivity contribution in [1.82, 2.24) is 9.80 Å². The first-order valence-electron chi connectivity index (χ1n) is 10.2. The fourth-order valence-corrected chi connectivity index (χ4v) is 5.25. The first-order chi connectivity index (χ1) is 13.2. The molecule has 2 aliphatic heterocycles. The van der Waals surface area contributed by atoms with E-state index in [1.807, 2.05) is 13.1 Å². The number of carboxylic acids is 1. The first kappa shape index (κ1) is 19.2. The number of piperidine rings is 1. The number of carboxylic acid groups (broad SMARTS) is 1. The third kappa shape index (κ3) is 3.17. The van der Waals surface area contributed by atoms with E-state index in [1.54, 1.807) is 18.7 Å². The van der Waals surface area contributed by atoms with Gasteiger partial charge in [-0.3, -0.25) is 9.59 Å². The number of nitrogens with zero attached hydrogens (tertiary/aromatic N) is 2. The van der Waals surface area contributed by atoms with Crippen molar-refractivity contribution < 1.29 is 19.4 Å². The van der Waals surface area contributed by atoms with Crippen LogP contribution in [0.1, 0.15) is 37.8 Å². The SMILES string of the molecule is CN1CC[C@H]2CN(C(=O)C(C)(C)Oc3ccc4c(c3)CCC4)C[C@@]2(C(=O)O)C1. The number of fused-ring (bicyclic) bond motifs is 2. The minimum atomic E-state index is -1.04. The summed E-state index contributed by atoms with van der Waals surface area (Å²) >= 11 is 0. The Bertz CT molecular complexity index is 806. The van der Waals surface area contributed by atoms with Gasteiger partial charge in [-0.2, -0.15) is 0 Å². The molecular weight excluding hydrogens is 356 g/mol. The molecule has 4 rings (SSSR count). The highest BCUT2D eigenvalue weighted by Crippen LogP contribution is 2.43. The van der Waals surface area contributed by atoms with Gasteiger partial charge >= 0.3 is 5.97 Å². The lowest BCUT2D eigenvalue weighted by atomic mass is 9.73. The van der Waals surface area contributed by atoms with Gasteiger partial charge in [-0.15, -0.1) is 0 Å². The number of rotatable bonds is 4. The van der Waals surface area contributed by atoms with Crippen LogP contribution in [0.25, 0.3) is 0 Å². The molecule has 1 aliphatic carbocycles. The molecule has 2 saturated heterocycles. The maximum absolute atomic E-state index is 13.3. The Morgan fingerprint density at radius 2 is 1.96 bits per heavy atom. The van der Waals surface area contributed by atoms with Crippen LogP contribution >= 0.6 is 0 Å². The highest BCUT2D eigenvalue weighted by Gasteiger charge is 2.56. The Morgan fingerprint density at radius 3 is 2.71 bits per heavy atom. The molecule has 152 valence electrons. The van der Waals surface area contributed by atoms with E-state index in [0.29, 0.717) is 18.8 Å². The monoisotopic (exact) mass is 386 g/mol. The second-order valence-corrected chi connectivity index (χ2v) is 9.27. The van der Waals surface area contributed by atoms with Crippen LogP contribution in [0, 0.1) is 11.3 Å². The summed E-state index contributed by atoms with van der Waals surface area (Å²) in [4.78, 5) is 29.2. The largest absolute Gasteiger partial charge is 0.481 e. The van der Waals surface area contributed by atoms with E-state index in [0.717, 1.165) is 25.8 Å². The molecule has 1 amide bonds. The van der Waals surface area contributed by atoms with Crippen LogP contribution in [-0.4, -0.2) is 65.6 Å². The van der Waals surface area contributed by atoms with Crippen LogP contribution in [0.5, 0.6) is 5.75 Å². The van der Waals surface area contributed by atoms with Gasteiger partial charge in [-0.1, -0.05) is 6.07 Å². The molecule has 2 fully saturated rings. The number of ether oxygens (including phenoxy) is 1. The number of likely N-dealkylation sites (tertiary alicyclic amines) is 2. The van der Waals surface area contributed by atoms with Gasteiger partial charge < -0.3 is 19.6 Å². The van der Waals surface area contributed by atoms with Crippen molar-refractivity contribution in [3.63, 3.8) is 0 Å². The van der Waals surface area contributed by atoms with Gasteiger partial charge in [0.2, 0.25) is 0 Å². The zero-order valence-electron chi connectivity index (χ0n) is 17.0. The Balaban J connectivity index is 1.51. The summed E-state index contributed by atoms with van der Waals surface area (Å²) in [6.45, 7) is 5.68. The van der Waals surface area contributed by atoms with Crippen LogP contribution in [0.2, 0.25) is 0 Å². The number of hydrogen-bond donors (Lipinski definition) is 1. The molecule has 0 spiro atoms. The number of carbonyl (C=O) groups is 2. The third-order valence-electron chi connectivity index (χ3n) is 6.78. The lowest BCUT2D eigenvalue weighted by Gasteiger charge is -2.39. The van der Waals surface area contributed by atoms with Crippen LogP contribution in [0.15, 0.2) is 18.2 Å². The van der Waals surface area contributed by atoms with Crippen LogP contribution < -0.4 is 4.74 Å². The van der Waals surface area contributed by atoms with Crippen molar-refractivity contribution in [2.45, 2.75) is 45.1 Å². The van der Waals surface area contributed by atoms with E-state index >= 15 is 0 Å². The van der Waals surface area contributed by atoms with Gasteiger partial charge in [0.25, 0.3) is 5.91 Å². The van der Waals surface area contributed by atoms with Crippen molar-refractivity contribution in [3.05, 3.63) is 29.3 Å². The van der Waals surface area contributed by atoms with Crippen molar-refractivity contribution in [2.75, 3.05) is 33.2 Å². The molecule has 2 atom stereocenters. The quantitative estimate of drug-likeness (QED) is 0.859. The Hall–Kier alpha value is -2.08. The lowest BCUT2D eigenvalue weighted by Crippen LogP contribution is -2.53. The van der Waals surface area contributed by atoms with Crippen LogP contribution in [0.3, 0.4) is 0 Å². The maximum atomic E-state index is 13.3. The average molecular weight is 386 g/mol. The molecule has 2 heterocycles. The number of aliphatic carboxylic acids is 1. The van der Waals surface area contributed by atoms with Crippen molar-refractivity contribution in [2.24, 2.45) is 11.3 Å². The number of carbonyl (C=O) groups excluding carboxylic acids is 1. The summed E-state index contributed by atoms with van der Waals surface area (Å²) in [6, 6.07) is 6.09. The smallest absolute Gasteiger partial charge is 0.313 e. The van der Waals surface area contributed by atoms with E-state index < -0.39 is 17.0 Å². The van der Waals surface area contributed by atoms with E-state index in [1.165, 1.54) is 17.5 Å². The molecule has 6 nitrogen and oxygen atoms in total. The van der Waals surface area contributed by atoms with Gasteiger partial charge in [0.1, 0.15) is 11.2 Å². The van der Waals surface area contributed by atoms with Crippen LogP contribution in [-0.2, 0) is 22.4 Å². The van der Waals surface area contributed by atoms with Gasteiger partial charge in [0.15, 0.2) is 5.60 Å². The molecule has 28 heavy (non-hydrogen) atoms. The molecule has 6 heteroatoms. The molecule has 1 N–H and O–H groups in total. The van der Waals surface area contributed by atoms with E-state index in [4.69, 9.17) is 4.74 Å². The number of hydrogen-bond acceptors (Lipinski definition) is 4. The summed E-state index contributed by atoms with van der Waals surface area (Å²) in [6.07, 6.45) is 4.14. The normalized spacial score (nSPS) is 27.4. The molecular formula is C22H30N2O4. The number of aryl methyl sites for hydroxylation is 2. The average Bonchev–Trinajstić information content (AvgIpc) is 3.24. The van der Waals surface area contributed by atoms with Gasteiger partial charge in [0.05, 0.1) is 0 Å². The van der Waals surface area contributed by atoms with E-state index in [9.17, 15) is 14.7 Å². The standard InChI is InChI=1S/C22H30N2O4/c1-21(2,28-18-8-7-15-5-4-6-16(15)11-18)19(25)24-12-17-9-10-23(3)13-22(17,14-24)20(26)27/h7-8,11,17H,4-6,9-10,12-14H2,1-3H3,(H,26,27)/t17-,22-/m0/s1. The summed E-state index contributed by atoms with van der Waals surface area (Å²) in [5, 5.41) is 9.95. The molecule has 0 radical (unpaired) electrons. The minimum absolute atomic E-state index is 0.000875. The Kier molecular flexibility index (Phi) is 4.65. The fourth-order valence-electron chi connectivity index (χ4n) is 5.25. The van der Waals surface area contributed by atoms with Crippen LogP contribution in [0.4, 0.5) is 0 Å².